The first-order chi connectivity index (χ1) is 4.12. The second-order valence-corrected chi connectivity index (χ2v) is 4.19. The molecule has 0 aliphatic heterocycles. The summed E-state index contributed by atoms with van der Waals surface area (Å²) in [6, 6.07) is 0. The lowest BCUT2D eigenvalue weighted by molar-refractivity contribution is -0.879. The minimum absolute atomic E-state index is 1.09. The monoisotopic (exact) mass is 144 g/mol. The summed E-state index contributed by atoms with van der Waals surface area (Å²) >= 11 is 0. The Morgan fingerprint density at radius 1 is 1.33 bits per heavy atom. The van der Waals surface area contributed by atoms with Crippen LogP contribution in [0.1, 0.15) is 13.3 Å². The van der Waals surface area contributed by atoms with Crippen molar-refractivity contribution >= 4 is 9.52 Å². The topological polar surface area (TPSA) is 0 Å². The van der Waals surface area contributed by atoms with E-state index in [0.29, 0.717) is 0 Å². The Balaban J connectivity index is 3.43. The zero-order chi connectivity index (χ0) is 7.33. The molecule has 0 rings (SSSR count). The summed E-state index contributed by atoms with van der Waals surface area (Å²) in [4.78, 5) is 0. The van der Waals surface area contributed by atoms with Gasteiger partial charge in [-0.05, 0) is 6.42 Å². The van der Waals surface area contributed by atoms with Crippen LogP contribution < -0.4 is 0 Å². The molecule has 2 heteroatoms. The van der Waals surface area contributed by atoms with Crippen LogP contribution in [0, 0.1) is 0 Å². The molecule has 0 atom stereocenters. The van der Waals surface area contributed by atoms with Gasteiger partial charge < -0.3 is 4.48 Å². The van der Waals surface area contributed by atoms with Crippen LogP contribution in [0.2, 0.25) is 6.55 Å². The fourth-order valence-electron chi connectivity index (χ4n) is 1.11. The maximum absolute atomic E-state index is 2.31. The van der Waals surface area contributed by atoms with E-state index >= 15 is 0 Å². The standard InChI is InChI=1S/C7H18NSi/c1-5-6-8(2,3)7-9-4/h5-7H2,1-4H3/q+1. The minimum Gasteiger partial charge on any atom is -0.332 e. The summed E-state index contributed by atoms with van der Waals surface area (Å²) in [7, 11) is 5.70. The van der Waals surface area contributed by atoms with Gasteiger partial charge in [0.1, 0.15) is 9.52 Å². The van der Waals surface area contributed by atoms with Crippen molar-refractivity contribution in [3.8, 4) is 0 Å². The van der Waals surface area contributed by atoms with Crippen LogP contribution >= 0.6 is 0 Å². The first-order valence-corrected chi connectivity index (χ1v) is 5.29. The fourth-order valence-corrected chi connectivity index (χ4v) is 2.13. The van der Waals surface area contributed by atoms with Crippen LogP contribution in [-0.2, 0) is 0 Å². The molecule has 0 aromatic heterocycles. The van der Waals surface area contributed by atoms with Crippen molar-refractivity contribution in [3.63, 3.8) is 0 Å². The molecule has 0 amide bonds. The minimum atomic E-state index is 1.09. The van der Waals surface area contributed by atoms with E-state index in [2.05, 4.69) is 27.6 Å². The molecular formula is C7H18NSi+. The van der Waals surface area contributed by atoms with E-state index in [4.69, 9.17) is 0 Å². The first-order valence-electron chi connectivity index (χ1n) is 3.59. The van der Waals surface area contributed by atoms with Crippen molar-refractivity contribution in [2.24, 2.45) is 0 Å². The summed E-state index contributed by atoms with van der Waals surface area (Å²) in [5.41, 5.74) is 0. The quantitative estimate of drug-likeness (QED) is 0.410. The molecular weight excluding hydrogens is 126 g/mol. The Morgan fingerprint density at radius 3 is 2.22 bits per heavy atom. The highest BCUT2D eigenvalue weighted by Crippen LogP contribution is 1.96. The summed E-state index contributed by atoms with van der Waals surface area (Å²) < 4.78 is 1.20. The first kappa shape index (κ1) is 9.18. The van der Waals surface area contributed by atoms with Gasteiger partial charge in [0.05, 0.1) is 26.8 Å². The Morgan fingerprint density at radius 2 is 1.89 bits per heavy atom. The van der Waals surface area contributed by atoms with E-state index < -0.39 is 0 Å². The van der Waals surface area contributed by atoms with Crippen LogP contribution in [0.3, 0.4) is 0 Å². The highest BCUT2D eigenvalue weighted by Gasteiger charge is 2.10. The average molecular weight is 144 g/mol. The van der Waals surface area contributed by atoms with Gasteiger partial charge >= 0.3 is 0 Å². The molecule has 0 aliphatic carbocycles. The van der Waals surface area contributed by atoms with Gasteiger partial charge in [-0.3, -0.25) is 0 Å². The third-order valence-corrected chi connectivity index (χ3v) is 2.59. The lowest BCUT2D eigenvalue weighted by Crippen LogP contribution is -2.42. The van der Waals surface area contributed by atoms with Crippen LogP contribution in [0.4, 0.5) is 0 Å². The van der Waals surface area contributed by atoms with Crippen LogP contribution in [0.25, 0.3) is 0 Å². The normalized spacial score (nSPS) is 12.0. The third-order valence-electron chi connectivity index (χ3n) is 1.42. The lowest BCUT2D eigenvalue weighted by Gasteiger charge is -2.28. The number of quaternary nitrogens is 1. The molecule has 0 saturated carbocycles. The molecule has 0 N–H and O–H groups in total. The van der Waals surface area contributed by atoms with E-state index in [1.807, 2.05) is 0 Å². The molecule has 0 fully saturated rings. The van der Waals surface area contributed by atoms with Crippen molar-refractivity contribution in [3.05, 3.63) is 0 Å². The molecule has 2 radical (unpaired) electrons. The van der Waals surface area contributed by atoms with Crippen molar-refractivity contribution in [2.75, 3.05) is 26.8 Å². The second-order valence-electron chi connectivity index (χ2n) is 3.17. The van der Waals surface area contributed by atoms with Crippen molar-refractivity contribution < 1.29 is 4.48 Å². The molecule has 0 aliphatic rings. The molecule has 54 valence electrons. The zero-order valence-electron chi connectivity index (χ0n) is 7.07. The van der Waals surface area contributed by atoms with Gasteiger partial charge in [-0.2, -0.15) is 0 Å². The van der Waals surface area contributed by atoms with Gasteiger partial charge in [-0.25, -0.2) is 0 Å². The Hall–Kier alpha value is 0.177. The lowest BCUT2D eigenvalue weighted by atomic mass is 10.4. The maximum Gasteiger partial charge on any atom is 0.112 e. The van der Waals surface area contributed by atoms with Gasteiger partial charge in [0.15, 0.2) is 0 Å². The maximum atomic E-state index is 2.31. The molecule has 0 heterocycles. The number of rotatable bonds is 4. The van der Waals surface area contributed by atoms with Gasteiger partial charge in [-0.1, -0.05) is 13.5 Å². The molecule has 9 heavy (non-hydrogen) atoms. The van der Waals surface area contributed by atoms with Gasteiger partial charge in [0.2, 0.25) is 0 Å². The second kappa shape index (κ2) is 4.07. The highest BCUT2D eigenvalue weighted by molar-refractivity contribution is 6.33. The Labute approximate surface area is 61.5 Å². The van der Waals surface area contributed by atoms with Crippen molar-refractivity contribution in [1.82, 2.24) is 0 Å². The van der Waals surface area contributed by atoms with Crippen molar-refractivity contribution in [2.45, 2.75) is 19.9 Å². The number of hydrogen-bond acceptors (Lipinski definition) is 0. The number of nitrogens with zero attached hydrogens (tertiary/aromatic N) is 1. The number of hydrogen-bond donors (Lipinski definition) is 0. The van der Waals surface area contributed by atoms with E-state index in [1.54, 1.807) is 0 Å². The molecule has 0 aromatic carbocycles. The predicted octanol–water partition coefficient (Wildman–Crippen LogP) is 1.18. The largest absolute Gasteiger partial charge is 0.332 e. The summed E-state index contributed by atoms with van der Waals surface area (Å²) in [5.74, 6) is 0. The summed E-state index contributed by atoms with van der Waals surface area (Å²) in [5, 5.41) is 0. The summed E-state index contributed by atoms with van der Waals surface area (Å²) in [6.45, 7) is 5.84. The molecule has 0 bridgehead atoms. The molecule has 0 aromatic rings. The Kier molecular flexibility index (Phi) is 4.15. The van der Waals surface area contributed by atoms with E-state index in [9.17, 15) is 0 Å². The van der Waals surface area contributed by atoms with Gasteiger partial charge in [0.25, 0.3) is 0 Å². The van der Waals surface area contributed by atoms with Crippen LogP contribution in [0.15, 0.2) is 0 Å². The molecule has 0 unspecified atom stereocenters. The smallest absolute Gasteiger partial charge is 0.112 e. The highest BCUT2D eigenvalue weighted by atomic mass is 28.2. The van der Waals surface area contributed by atoms with E-state index in [0.717, 1.165) is 9.52 Å². The summed E-state index contributed by atoms with van der Waals surface area (Å²) in [6.07, 6.45) is 2.64. The third kappa shape index (κ3) is 4.67. The SMILES string of the molecule is CCC[N+](C)(C)C[Si]C. The van der Waals surface area contributed by atoms with Crippen LogP contribution in [-0.4, -0.2) is 40.8 Å². The van der Waals surface area contributed by atoms with Crippen molar-refractivity contribution in [1.29, 1.82) is 0 Å². The molecule has 1 nitrogen and oxygen atoms in total. The Bertz CT molecular complexity index is 63.3. The average Bonchev–Trinajstić information content (AvgIpc) is 1.64. The van der Waals surface area contributed by atoms with E-state index in [-0.39, 0.29) is 0 Å². The van der Waals surface area contributed by atoms with Crippen LogP contribution in [0.5, 0.6) is 0 Å². The van der Waals surface area contributed by atoms with E-state index in [1.165, 1.54) is 23.6 Å². The predicted molar refractivity (Wildman–Crippen MR) is 43.8 cm³/mol. The molecule has 0 saturated heterocycles. The van der Waals surface area contributed by atoms with Gasteiger partial charge in [-0.15, -0.1) is 0 Å². The fraction of sp³-hybridized carbons (Fsp3) is 1.00. The molecule has 0 spiro atoms. The zero-order valence-corrected chi connectivity index (χ0v) is 8.07. The van der Waals surface area contributed by atoms with Gasteiger partial charge in [0, 0.05) is 0 Å².